The second-order valence-corrected chi connectivity index (χ2v) is 3.18. The van der Waals surface area contributed by atoms with Crippen LogP contribution in [0.25, 0.3) is 0 Å². The lowest BCUT2D eigenvalue weighted by Crippen LogP contribution is -2.08. The highest BCUT2D eigenvalue weighted by molar-refractivity contribution is 5.90. The van der Waals surface area contributed by atoms with Crippen LogP contribution in [0, 0.1) is 5.41 Å². The molecule has 1 aromatic carbocycles. The summed E-state index contributed by atoms with van der Waals surface area (Å²) in [6.07, 6.45) is 0. The monoisotopic (exact) mass is 236 g/mol. The first-order valence-electron chi connectivity index (χ1n) is 4.67. The Hall–Kier alpha value is -2.37. The molecule has 0 aromatic heterocycles. The molecule has 1 rings (SSSR count). The van der Waals surface area contributed by atoms with Gasteiger partial charge in [0.1, 0.15) is 0 Å². The van der Waals surface area contributed by atoms with Crippen LogP contribution in [0.4, 0.5) is 0 Å². The van der Waals surface area contributed by atoms with Gasteiger partial charge in [0.05, 0.1) is 0 Å². The SMILES string of the molecule is CC(=O)Oc1ccc(C(=N)[O])cc1OC(C)=O. The molecule has 0 spiro atoms. The van der Waals surface area contributed by atoms with Gasteiger partial charge in [-0.2, -0.15) is 0 Å². The maximum absolute atomic E-state index is 10.8. The van der Waals surface area contributed by atoms with Crippen molar-refractivity contribution >= 4 is 17.8 Å². The smallest absolute Gasteiger partial charge is 0.308 e. The van der Waals surface area contributed by atoms with E-state index in [1.165, 1.54) is 32.0 Å². The van der Waals surface area contributed by atoms with Gasteiger partial charge in [-0.05, 0) is 18.2 Å². The summed E-state index contributed by atoms with van der Waals surface area (Å²) >= 11 is 0. The van der Waals surface area contributed by atoms with Gasteiger partial charge >= 0.3 is 11.9 Å². The van der Waals surface area contributed by atoms with Gasteiger partial charge in [-0.3, -0.25) is 20.1 Å². The Balaban J connectivity index is 3.15. The van der Waals surface area contributed by atoms with Crippen LogP contribution in [0.15, 0.2) is 18.2 Å². The maximum atomic E-state index is 10.8. The summed E-state index contributed by atoms with van der Waals surface area (Å²) in [5, 5.41) is 17.8. The highest BCUT2D eigenvalue weighted by atomic mass is 16.6. The Kier molecular flexibility index (Phi) is 3.82. The molecule has 1 radical (unpaired) electrons. The normalized spacial score (nSPS) is 9.53. The number of rotatable bonds is 3. The van der Waals surface area contributed by atoms with E-state index in [2.05, 4.69) is 0 Å². The number of hydrogen-bond acceptors (Lipinski definition) is 5. The van der Waals surface area contributed by atoms with Crippen molar-refractivity contribution in [3.05, 3.63) is 23.8 Å². The van der Waals surface area contributed by atoms with Crippen molar-refractivity contribution in [1.82, 2.24) is 0 Å². The minimum absolute atomic E-state index is 0.0256. The molecule has 0 bridgehead atoms. The standard InChI is InChI=1S/C11H10NO5/c1-6(13)16-9-4-3-8(11(12)15)5-10(9)17-7(2)14/h3-5,12H,1-2H3. The van der Waals surface area contributed by atoms with Crippen molar-refractivity contribution in [3.63, 3.8) is 0 Å². The van der Waals surface area contributed by atoms with Gasteiger partial charge in [-0.15, -0.1) is 0 Å². The van der Waals surface area contributed by atoms with Gasteiger partial charge in [0.2, 0.25) is 0 Å². The van der Waals surface area contributed by atoms with Gasteiger partial charge in [-0.1, -0.05) is 0 Å². The lowest BCUT2D eigenvalue weighted by atomic mass is 10.2. The van der Waals surface area contributed by atoms with E-state index in [0.717, 1.165) is 0 Å². The van der Waals surface area contributed by atoms with Gasteiger partial charge < -0.3 is 9.47 Å². The first kappa shape index (κ1) is 12.7. The molecule has 0 saturated carbocycles. The van der Waals surface area contributed by atoms with Crippen LogP contribution < -0.4 is 9.47 Å². The molecule has 0 aliphatic rings. The molecule has 0 heterocycles. The Labute approximate surface area is 97.3 Å². The van der Waals surface area contributed by atoms with Crippen LogP contribution in [-0.2, 0) is 14.7 Å². The fourth-order valence-electron chi connectivity index (χ4n) is 1.12. The molecule has 0 aliphatic heterocycles. The van der Waals surface area contributed by atoms with Crippen LogP contribution in [-0.4, -0.2) is 17.8 Å². The fourth-order valence-corrected chi connectivity index (χ4v) is 1.12. The van der Waals surface area contributed by atoms with Crippen molar-refractivity contribution in [2.45, 2.75) is 13.8 Å². The Morgan fingerprint density at radius 1 is 1.06 bits per heavy atom. The summed E-state index contributed by atoms with van der Waals surface area (Å²) in [5.41, 5.74) is 0.0390. The average Bonchev–Trinajstić information content (AvgIpc) is 2.18. The van der Waals surface area contributed by atoms with E-state index in [1.54, 1.807) is 0 Å². The largest absolute Gasteiger partial charge is 0.423 e. The predicted molar refractivity (Wildman–Crippen MR) is 56.6 cm³/mol. The second kappa shape index (κ2) is 5.11. The molecular formula is C11H10NO5. The van der Waals surface area contributed by atoms with Gasteiger partial charge in [0.25, 0.3) is 5.90 Å². The number of hydrogen-bond donors (Lipinski definition) is 1. The summed E-state index contributed by atoms with van der Waals surface area (Å²) in [6, 6.07) is 3.77. The lowest BCUT2D eigenvalue weighted by molar-refractivity contribution is -0.134. The average molecular weight is 236 g/mol. The zero-order valence-electron chi connectivity index (χ0n) is 9.27. The van der Waals surface area contributed by atoms with Crippen LogP contribution in [0.5, 0.6) is 11.5 Å². The van der Waals surface area contributed by atoms with E-state index >= 15 is 0 Å². The highest BCUT2D eigenvalue weighted by Crippen LogP contribution is 2.28. The molecule has 0 fully saturated rings. The molecule has 0 amide bonds. The summed E-state index contributed by atoms with van der Waals surface area (Å²) in [7, 11) is 0. The van der Waals surface area contributed by atoms with E-state index in [1.807, 2.05) is 0 Å². The lowest BCUT2D eigenvalue weighted by Gasteiger charge is -2.08. The Morgan fingerprint density at radius 3 is 2.06 bits per heavy atom. The van der Waals surface area contributed by atoms with Crippen LogP contribution >= 0.6 is 0 Å². The predicted octanol–water partition coefficient (Wildman–Crippen LogP) is 1.29. The number of ether oxygens (including phenoxy) is 2. The second-order valence-electron chi connectivity index (χ2n) is 3.18. The molecule has 1 N–H and O–H groups in total. The van der Waals surface area contributed by atoms with Crippen molar-refractivity contribution in [3.8, 4) is 11.5 Å². The third-order valence-corrected chi connectivity index (χ3v) is 1.71. The molecular weight excluding hydrogens is 226 g/mol. The van der Waals surface area contributed by atoms with Crippen molar-refractivity contribution in [2.24, 2.45) is 0 Å². The summed E-state index contributed by atoms with van der Waals surface area (Å²) in [6.45, 7) is 2.37. The van der Waals surface area contributed by atoms with E-state index < -0.39 is 17.8 Å². The summed E-state index contributed by atoms with van der Waals surface area (Å²) in [4.78, 5) is 21.6. The van der Waals surface area contributed by atoms with Crippen molar-refractivity contribution in [2.75, 3.05) is 0 Å². The first-order valence-corrected chi connectivity index (χ1v) is 4.67. The third-order valence-electron chi connectivity index (χ3n) is 1.71. The minimum Gasteiger partial charge on any atom is -0.423 e. The summed E-state index contributed by atoms with van der Waals surface area (Å²) in [5.74, 6) is -2.16. The van der Waals surface area contributed by atoms with E-state index in [-0.39, 0.29) is 17.1 Å². The maximum Gasteiger partial charge on any atom is 0.308 e. The van der Waals surface area contributed by atoms with E-state index in [4.69, 9.17) is 14.9 Å². The molecule has 0 unspecified atom stereocenters. The number of nitrogens with one attached hydrogen (secondary N) is 1. The molecule has 89 valence electrons. The van der Waals surface area contributed by atoms with Gasteiger partial charge in [0.15, 0.2) is 11.5 Å². The van der Waals surface area contributed by atoms with E-state index in [9.17, 15) is 14.7 Å². The zero-order chi connectivity index (χ0) is 13.0. The van der Waals surface area contributed by atoms with Crippen molar-refractivity contribution in [1.29, 1.82) is 5.41 Å². The zero-order valence-corrected chi connectivity index (χ0v) is 9.27. The van der Waals surface area contributed by atoms with E-state index in [0.29, 0.717) is 0 Å². The van der Waals surface area contributed by atoms with Gasteiger partial charge in [-0.25, -0.2) is 0 Å². The van der Waals surface area contributed by atoms with Crippen LogP contribution in [0.2, 0.25) is 0 Å². The Morgan fingerprint density at radius 2 is 1.59 bits per heavy atom. The molecule has 6 nitrogen and oxygen atoms in total. The molecule has 0 aliphatic carbocycles. The minimum atomic E-state index is -0.923. The summed E-state index contributed by atoms with van der Waals surface area (Å²) < 4.78 is 9.58. The Bertz CT molecular complexity index is 481. The topological polar surface area (TPSA) is 96.4 Å². The number of carbonyl (C=O) groups excluding carboxylic acids is 2. The first-order chi connectivity index (χ1) is 7.90. The molecule has 0 atom stereocenters. The third kappa shape index (κ3) is 3.60. The fraction of sp³-hybridized carbons (Fsp3) is 0.182. The number of esters is 2. The van der Waals surface area contributed by atoms with Gasteiger partial charge in [0, 0.05) is 19.4 Å². The number of carbonyl (C=O) groups is 2. The van der Waals surface area contributed by atoms with Crippen LogP contribution in [0.3, 0.4) is 0 Å². The molecule has 17 heavy (non-hydrogen) atoms. The molecule has 0 saturated heterocycles. The highest BCUT2D eigenvalue weighted by Gasteiger charge is 2.13. The van der Waals surface area contributed by atoms with Crippen LogP contribution in [0.1, 0.15) is 19.4 Å². The molecule has 1 aromatic rings. The number of benzene rings is 1. The van der Waals surface area contributed by atoms with Crippen molar-refractivity contribution < 1.29 is 24.2 Å². The quantitative estimate of drug-likeness (QED) is 0.370. The molecule has 6 heteroatoms.